The van der Waals surface area contributed by atoms with Gasteiger partial charge in [0.25, 0.3) is 0 Å². The third-order valence-electron chi connectivity index (χ3n) is 3.30. The molecule has 0 amide bonds. The molecule has 120 valence electrons. The van der Waals surface area contributed by atoms with Gasteiger partial charge in [-0.1, -0.05) is 24.3 Å². The maximum absolute atomic E-state index is 13.2. The topological polar surface area (TPSA) is 91.8 Å². The number of carboxylic acids is 1. The molecule has 3 rings (SSSR count). The van der Waals surface area contributed by atoms with E-state index in [1.165, 1.54) is 48.5 Å². The zero-order valence-corrected chi connectivity index (χ0v) is 12.1. The third-order valence-corrected chi connectivity index (χ3v) is 3.30. The minimum absolute atomic E-state index is 0.133. The molecule has 0 aliphatic heterocycles. The summed E-state index contributed by atoms with van der Waals surface area (Å²) in [4.78, 5) is 11.8. The number of nitrogens with one attached hydrogen (secondary N) is 1. The summed E-state index contributed by atoms with van der Waals surface area (Å²) in [5, 5.41) is 22.6. The third kappa shape index (κ3) is 3.02. The summed E-state index contributed by atoms with van der Waals surface area (Å²) < 4.78 is 26.4. The molecule has 0 fully saturated rings. The summed E-state index contributed by atoms with van der Waals surface area (Å²) in [6, 6.07) is 10.5. The molecule has 0 unspecified atom stereocenters. The van der Waals surface area contributed by atoms with Crippen LogP contribution in [0.5, 0.6) is 0 Å². The lowest BCUT2D eigenvalue weighted by atomic mass is 9.92. The standard InChI is InChI=1S/C16H10F2N4O2/c17-11-5-1-9(2-6-11)13(10-3-7-12(18)8-4-10)14(16(23)24)15-19-21-22-20-15/h1-8H,(H,23,24)(H,19,20,21,22). The van der Waals surface area contributed by atoms with Crippen LogP contribution in [-0.2, 0) is 4.79 Å². The van der Waals surface area contributed by atoms with Crippen molar-refractivity contribution in [1.29, 1.82) is 0 Å². The Bertz CT molecular complexity index is 841. The van der Waals surface area contributed by atoms with Crippen molar-refractivity contribution in [3.63, 3.8) is 0 Å². The van der Waals surface area contributed by atoms with Gasteiger partial charge in [-0.3, -0.25) is 0 Å². The number of carboxylic acid groups (broad SMARTS) is 1. The van der Waals surface area contributed by atoms with Crippen LogP contribution in [0.2, 0.25) is 0 Å². The molecule has 0 aliphatic carbocycles. The molecule has 3 aromatic rings. The van der Waals surface area contributed by atoms with E-state index in [-0.39, 0.29) is 17.0 Å². The number of aliphatic carboxylic acids is 1. The first kappa shape index (κ1) is 15.5. The van der Waals surface area contributed by atoms with Gasteiger partial charge in [-0.2, -0.15) is 5.21 Å². The van der Waals surface area contributed by atoms with Crippen LogP contribution >= 0.6 is 0 Å². The maximum atomic E-state index is 13.2. The van der Waals surface area contributed by atoms with E-state index in [1.807, 2.05) is 0 Å². The van der Waals surface area contributed by atoms with Crippen molar-refractivity contribution < 1.29 is 18.7 Å². The van der Waals surface area contributed by atoms with Gasteiger partial charge in [0.05, 0.1) is 0 Å². The zero-order valence-electron chi connectivity index (χ0n) is 12.1. The van der Waals surface area contributed by atoms with Crippen molar-refractivity contribution >= 4 is 17.1 Å². The number of tetrazole rings is 1. The fraction of sp³-hybridized carbons (Fsp3) is 0. The Morgan fingerprint density at radius 3 is 1.79 bits per heavy atom. The highest BCUT2D eigenvalue weighted by Crippen LogP contribution is 2.31. The van der Waals surface area contributed by atoms with E-state index in [9.17, 15) is 18.7 Å². The van der Waals surface area contributed by atoms with Gasteiger partial charge >= 0.3 is 5.97 Å². The molecule has 0 atom stereocenters. The average Bonchev–Trinajstić information content (AvgIpc) is 3.08. The number of aromatic amines is 1. The second-order valence-corrected chi connectivity index (χ2v) is 4.80. The van der Waals surface area contributed by atoms with E-state index < -0.39 is 17.6 Å². The van der Waals surface area contributed by atoms with Crippen molar-refractivity contribution in [2.75, 3.05) is 0 Å². The lowest BCUT2D eigenvalue weighted by Gasteiger charge is -2.12. The number of H-pyrrole nitrogens is 1. The number of carbonyl (C=O) groups is 1. The lowest BCUT2D eigenvalue weighted by molar-refractivity contribution is -0.130. The van der Waals surface area contributed by atoms with Crippen molar-refractivity contribution in [2.24, 2.45) is 0 Å². The van der Waals surface area contributed by atoms with Crippen LogP contribution < -0.4 is 0 Å². The predicted octanol–water partition coefficient (Wildman–Crippen LogP) is 2.52. The van der Waals surface area contributed by atoms with Gasteiger partial charge in [0.15, 0.2) is 0 Å². The number of hydrogen-bond donors (Lipinski definition) is 2. The van der Waals surface area contributed by atoms with Crippen molar-refractivity contribution in [3.05, 3.63) is 77.1 Å². The number of benzene rings is 2. The molecule has 0 aliphatic rings. The zero-order chi connectivity index (χ0) is 17.1. The van der Waals surface area contributed by atoms with E-state index in [4.69, 9.17) is 0 Å². The number of hydrogen-bond acceptors (Lipinski definition) is 4. The number of halogens is 2. The first-order valence-corrected chi connectivity index (χ1v) is 6.79. The number of nitrogens with zero attached hydrogens (tertiary/aromatic N) is 3. The van der Waals surface area contributed by atoms with Crippen LogP contribution in [0.4, 0.5) is 8.78 Å². The molecule has 0 spiro atoms. The van der Waals surface area contributed by atoms with Crippen LogP contribution in [0.25, 0.3) is 11.1 Å². The van der Waals surface area contributed by atoms with Crippen molar-refractivity contribution in [3.8, 4) is 0 Å². The number of aromatic nitrogens is 4. The van der Waals surface area contributed by atoms with E-state index in [0.717, 1.165) is 0 Å². The van der Waals surface area contributed by atoms with Crippen LogP contribution in [0.1, 0.15) is 17.0 Å². The molecule has 6 nitrogen and oxygen atoms in total. The van der Waals surface area contributed by atoms with Crippen molar-refractivity contribution in [2.45, 2.75) is 0 Å². The molecular weight excluding hydrogens is 318 g/mol. The molecule has 0 saturated heterocycles. The largest absolute Gasteiger partial charge is 0.478 e. The van der Waals surface area contributed by atoms with Gasteiger partial charge in [0.1, 0.15) is 17.2 Å². The van der Waals surface area contributed by atoms with E-state index in [0.29, 0.717) is 11.1 Å². The Balaban J connectivity index is 2.31. The summed E-state index contributed by atoms with van der Waals surface area (Å²) in [7, 11) is 0. The SMILES string of the molecule is O=C(O)C(=C(c1ccc(F)cc1)c1ccc(F)cc1)c1nn[nH]n1. The highest BCUT2D eigenvalue weighted by Gasteiger charge is 2.23. The highest BCUT2D eigenvalue weighted by molar-refractivity contribution is 6.25. The fourth-order valence-corrected chi connectivity index (χ4v) is 2.27. The van der Waals surface area contributed by atoms with Gasteiger partial charge in [0.2, 0.25) is 5.82 Å². The minimum Gasteiger partial charge on any atom is -0.478 e. The van der Waals surface area contributed by atoms with Gasteiger partial charge < -0.3 is 5.11 Å². The molecule has 1 heterocycles. The summed E-state index contributed by atoms with van der Waals surface area (Å²) in [6.45, 7) is 0. The minimum atomic E-state index is -1.29. The van der Waals surface area contributed by atoms with Gasteiger partial charge in [-0.15, -0.1) is 10.2 Å². The smallest absolute Gasteiger partial charge is 0.340 e. The Hall–Kier alpha value is -3.42. The summed E-state index contributed by atoms with van der Waals surface area (Å²) in [5.41, 5.74) is 0.835. The van der Waals surface area contributed by atoms with Crippen LogP contribution in [0.3, 0.4) is 0 Å². The van der Waals surface area contributed by atoms with Gasteiger partial charge in [-0.05, 0) is 40.6 Å². The van der Waals surface area contributed by atoms with Crippen LogP contribution in [0.15, 0.2) is 48.5 Å². The molecule has 2 N–H and O–H groups in total. The Labute approximate surface area is 134 Å². The summed E-state index contributed by atoms with van der Waals surface area (Å²) >= 11 is 0. The molecule has 2 aromatic carbocycles. The van der Waals surface area contributed by atoms with Gasteiger partial charge in [-0.25, -0.2) is 13.6 Å². The predicted molar refractivity (Wildman–Crippen MR) is 80.5 cm³/mol. The van der Waals surface area contributed by atoms with Gasteiger partial charge in [0, 0.05) is 5.57 Å². The highest BCUT2D eigenvalue weighted by atomic mass is 19.1. The molecular formula is C16H10F2N4O2. The number of rotatable bonds is 4. The molecule has 8 heteroatoms. The maximum Gasteiger partial charge on any atom is 0.340 e. The molecule has 0 bridgehead atoms. The molecule has 0 saturated carbocycles. The first-order chi connectivity index (χ1) is 11.6. The Morgan fingerprint density at radius 1 is 0.917 bits per heavy atom. The van der Waals surface area contributed by atoms with Crippen molar-refractivity contribution in [1.82, 2.24) is 20.6 Å². The monoisotopic (exact) mass is 328 g/mol. The Kier molecular flexibility index (Phi) is 4.11. The second kappa shape index (κ2) is 6.37. The fourth-order valence-electron chi connectivity index (χ4n) is 2.27. The Morgan fingerprint density at radius 2 is 1.42 bits per heavy atom. The summed E-state index contributed by atoms with van der Waals surface area (Å²) in [6.07, 6.45) is 0. The molecule has 1 aromatic heterocycles. The van der Waals surface area contributed by atoms with E-state index in [2.05, 4.69) is 20.6 Å². The van der Waals surface area contributed by atoms with Crippen LogP contribution in [-0.4, -0.2) is 31.7 Å². The van der Waals surface area contributed by atoms with Crippen LogP contribution in [0, 0.1) is 11.6 Å². The lowest BCUT2D eigenvalue weighted by Crippen LogP contribution is -2.07. The first-order valence-electron chi connectivity index (χ1n) is 6.79. The molecule has 24 heavy (non-hydrogen) atoms. The second-order valence-electron chi connectivity index (χ2n) is 4.80. The normalized spacial score (nSPS) is 10.4. The average molecular weight is 328 g/mol. The van der Waals surface area contributed by atoms with E-state index >= 15 is 0 Å². The van der Waals surface area contributed by atoms with E-state index in [1.54, 1.807) is 0 Å². The quantitative estimate of drug-likeness (QED) is 0.718. The summed E-state index contributed by atoms with van der Waals surface area (Å²) in [5.74, 6) is -2.35. The molecule has 0 radical (unpaired) electrons.